The number of amides is 1. The van der Waals surface area contributed by atoms with Gasteiger partial charge in [-0.15, -0.1) is 0 Å². The maximum atomic E-state index is 13.1. The van der Waals surface area contributed by atoms with Crippen LogP contribution in [0.4, 0.5) is 26.3 Å². The maximum absolute atomic E-state index is 13.1. The van der Waals surface area contributed by atoms with Gasteiger partial charge >= 0.3 is 12.4 Å². The van der Waals surface area contributed by atoms with Crippen molar-refractivity contribution in [1.29, 1.82) is 0 Å². The molecule has 12 heteroatoms. The smallest absolute Gasteiger partial charge is 0.416 e. The molecule has 0 bridgehead atoms. The van der Waals surface area contributed by atoms with Gasteiger partial charge in [0.2, 0.25) is 0 Å². The first-order valence-electron chi connectivity index (χ1n) is 10.9. The van der Waals surface area contributed by atoms with Gasteiger partial charge in [-0.05, 0) is 48.7 Å². The zero-order chi connectivity index (χ0) is 26.8. The Morgan fingerprint density at radius 3 is 2.00 bits per heavy atom. The van der Waals surface area contributed by atoms with Crippen LogP contribution in [0, 0.1) is 0 Å². The van der Waals surface area contributed by atoms with Crippen LogP contribution in [-0.4, -0.2) is 21.4 Å². The predicted molar refractivity (Wildman–Crippen MR) is 120 cm³/mol. The van der Waals surface area contributed by atoms with Crippen molar-refractivity contribution in [3.05, 3.63) is 95.7 Å². The van der Waals surface area contributed by atoms with E-state index in [0.29, 0.717) is 42.8 Å². The van der Waals surface area contributed by atoms with Gasteiger partial charge in [-0.1, -0.05) is 18.7 Å². The number of alkyl halides is 6. The summed E-state index contributed by atoms with van der Waals surface area (Å²) in [6.45, 7) is 4.33. The number of benzene rings is 2. The molecule has 0 unspecified atom stereocenters. The number of rotatable bonds is 8. The normalized spacial score (nSPS) is 14.5. The Morgan fingerprint density at radius 1 is 0.919 bits per heavy atom. The Labute approximate surface area is 207 Å². The van der Waals surface area contributed by atoms with Crippen molar-refractivity contribution in [2.75, 3.05) is 0 Å². The molecule has 2 N–H and O–H groups in total. The van der Waals surface area contributed by atoms with Gasteiger partial charge in [-0.2, -0.15) is 26.3 Å². The van der Waals surface area contributed by atoms with Gasteiger partial charge < -0.3 is 15.4 Å². The molecule has 1 aliphatic rings. The highest BCUT2D eigenvalue weighted by atomic mass is 19.4. The lowest BCUT2D eigenvalue weighted by atomic mass is 10.1. The van der Waals surface area contributed by atoms with Crippen LogP contribution < -0.4 is 15.4 Å². The number of halogens is 6. The van der Waals surface area contributed by atoms with Gasteiger partial charge in [0, 0.05) is 24.6 Å². The first-order chi connectivity index (χ1) is 17.4. The summed E-state index contributed by atoms with van der Waals surface area (Å²) in [5, 5.41) is 6.07. The van der Waals surface area contributed by atoms with Crippen LogP contribution in [-0.2, 0) is 18.9 Å². The average Bonchev–Trinajstić information content (AvgIpc) is 3.63. The minimum Gasteiger partial charge on any atom is -0.457 e. The highest BCUT2D eigenvalue weighted by Crippen LogP contribution is 2.41. The number of hydrogen-bond donors (Lipinski definition) is 2. The lowest BCUT2D eigenvalue weighted by molar-refractivity contribution is -0.143. The zero-order valence-electron chi connectivity index (χ0n) is 19.1. The maximum Gasteiger partial charge on any atom is 0.416 e. The largest absolute Gasteiger partial charge is 0.457 e. The molecule has 1 saturated carbocycles. The Bertz CT molecular complexity index is 1260. The summed E-state index contributed by atoms with van der Waals surface area (Å²) >= 11 is 0. The average molecular weight is 522 g/mol. The van der Waals surface area contributed by atoms with Crippen molar-refractivity contribution in [3.63, 3.8) is 0 Å². The molecule has 4 rings (SSSR count). The monoisotopic (exact) mass is 522 g/mol. The number of nitrogens with one attached hydrogen (secondary N) is 2. The number of carbonyl (C=O) groups is 1. The summed E-state index contributed by atoms with van der Waals surface area (Å²) in [7, 11) is 0. The van der Waals surface area contributed by atoms with E-state index in [9.17, 15) is 31.1 Å². The number of nitrogens with zero attached hydrogens (tertiary/aromatic N) is 2. The molecule has 6 nitrogen and oxygen atoms in total. The number of aromatic nitrogens is 2. The Balaban J connectivity index is 1.38. The molecule has 2 aromatic carbocycles. The predicted octanol–water partition coefficient (Wildman–Crippen LogP) is 5.87. The van der Waals surface area contributed by atoms with E-state index in [4.69, 9.17) is 4.74 Å². The van der Waals surface area contributed by atoms with Gasteiger partial charge in [0.25, 0.3) is 5.91 Å². The van der Waals surface area contributed by atoms with Gasteiger partial charge in [-0.3, -0.25) is 4.79 Å². The molecular formula is C25H20F6N4O2. The molecule has 0 spiro atoms. The van der Waals surface area contributed by atoms with E-state index in [2.05, 4.69) is 27.2 Å². The molecule has 37 heavy (non-hydrogen) atoms. The molecule has 0 aliphatic heterocycles. The van der Waals surface area contributed by atoms with E-state index in [1.807, 2.05) is 0 Å². The van der Waals surface area contributed by atoms with E-state index in [1.165, 1.54) is 30.9 Å². The Hall–Kier alpha value is -4.09. The highest BCUT2D eigenvalue weighted by Gasteiger charge is 2.47. The molecule has 1 aromatic heterocycles. The SMILES string of the molecule is C=C(NCc1ccc(Oc2cc(C(F)(F)F)cc(C(F)(F)F)c2)cc1)C1(NC(=O)c2cncnc2)CC1. The van der Waals surface area contributed by atoms with Crippen molar-refractivity contribution < 1.29 is 35.9 Å². The van der Waals surface area contributed by atoms with Crippen molar-refractivity contribution in [2.24, 2.45) is 0 Å². The van der Waals surface area contributed by atoms with Crippen LogP contribution in [0.2, 0.25) is 0 Å². The lowest BCUT2D eigenvalue weighted by Gasteiger charge is -2.21. The number of carbonyl (C=O) groups excluding carboxylic acids is 1. The first-order valence-corrected chi connectivity index (χ1v) is 10.9. The minimum absolute atomic E-state index is 0.0389. The fraction of sp³-hybridized carbons (Fsp3) is 0.240. The van der Waals surface area contributed by atoms with Gasteiger partial charge in [0.1, 0.15) is 17.8 Å². The molecule has 0 saturated heterocycles. The summed E-state index contributed by atoms with van der Waals surface area (Å²) in [5.74, 6) is -0.853. The van der Waals surface area contributed by atoms with Gasteiger partial charge in [-0.25, -0.2) is 9.97 Å². The van der Waals surface area contributed by atoms with Crippen molar-refractivity contribution in [1.82, 2.24) is 20.6 Å². The number of ether oxygens (including phenoxy) is 1. The first kappa shape index (κ1) is 26.0. The van der Waals surface area contributed by atoms with Crippen molar-refractivity contribution in [2.45, 2.75) is 37.3 Å². The van der Waals surface area contributed by atoms with Crippen LogP contribution in [0.15, 0.2) is 73.5 Å². The third-order valence-corrected chi connectivity index (χ3v) is 5.73. The third kappa shape index (κ3) is 6.38. The molecule has 0 atom stereocenters. The van der Waals surface area contributed by atoms with E-state index in [-0.39, 0.29) is 17.7 Å². The van der Waals surface area contributed by atoms with Crippen LogP contribution in [0.1, 0.15) is 39.9 Å². The molecular weight excluding hydrogens is 502 g/mol. The number of hydrogen-bond acceptors (Lipinski definition) is 5. The quantitative estimate of drug-likeness (QED) is 0.362. The second-order valence-electron chi connectivity index (χ2n) is 8.48. The fourth-order valence-electron chi connectivity index (χ4n) is 3.51. The molecule has 194 valence electrons. The molecule has 1 fully saturated rings. The lowest BCUT2D eigenvalue weighted by Crippen LogP contribution is -2.42. The zero-order valence-corrected chi connectivity index (χ0v) is 19.1. The van der Waals surface area contributed by atoms with E-state index >= 15 is 0 Å². The molecule has 3 aromatic rings. The van der Waals surface area contributed by atoms with Gasteiger partial charge in [0.05, 0.1) is 22.2 Å². The standard InChI is InChI=1S/C25H20F6N4O2/c1-15(23(6-7-23)35-22(36)17-12-32-14-33-13-17)34-11-16-2-4-20(5-3-16)37-21-9-18(24(26,27)28)8-19(10-21)25(29,30)31/h2-5,8-10,12-14,34H,1,6-7,11H2,(H,35,36). The van der Waals surface area contributed by atoms with Crippen LogP contribution >= 0.6 is 0 Å². The summed E-state index contributed by atoms with van der Waals surface area (Å²) in [6, 6.07) is 7.13. The highest BCUT2D eigenvalue weighted by molar-refractivity contribution is 5.94. The minimum atomic E-state index is -4.97. The summed E-state index contributed by atoms with van der Waals surface area (Å²) in [6.07, 6.45) is -4.41. The topological polar surface area (TPSA) is 76.1 Å². The van der Waals surface area contributed by atoms with Crippen LogP contribution in [0.25, 0.3) is 0 Å². The van der Waals surface area contributed by atoms with E-state index in [0.717, 1.165) is 5.56 Å². The third-order valence-electron chi connectivity index (χ3n) is 5.73. The van der Waals surface area contributed by atoms with E-state index in [1.54, 1.807) is 12.1 Å². The summed E-state index contributed by atoms with van der Waals surface area (Å²) in [5.41, 5.74) is -1.86. The van der Waals surface area contributed by atoms with Crippen LogP contribution in [0.3, 0.4) is 0 Å². The van der Waals surface area contributed by atoms with Crippen molar-refractivity contribution in [3.8, 4) is 11.5 Å². The molecule has 1 heterocycles. The second-order valence-corrected chi connectivity index (χ2v) is 8.48. The second kappa shape index (κ2) is 9.75. The summed E-state index contributed by atoms with van der Waals surface area (Å²) < 4.78 is 83.6. The summed E-state index contributed by atoms with van der Waals surface area (Å²) in [4.78, 5) is 20.1. The van der Waals surface area contributed by atoms with Crippen LogP contribution in [0.5, 0.6) is 11.5 Å². The van der Waals surface area contributed by atoms with Gasteiger partial charge in [0.15, 0.2) is 0 Å². The van der Waals surface area contributed by atoms with E-state index < -0.39 is 34.8 Å². The molecule has 1 aliphatic carbocycles. The Kier molecular flexibility index (Phi) is 6.85. The molecule has 1 amide bonds. The Morgan fingerprint density at radius 2 is 1.49 bits per heavy atom. The molecule has 0 radical (unpaired) electrons. The van der Waals surface area contributed by atoms with Crippen molar-refractivity contribution >= 4 is 5.91 Å². The fourth-order valence-corrected chi connectivity index (χ4v) is 3.51.